The molecule has 6 heteroatoms. The van der Waals surface area contributed by atoms with Gasteiger partial charge in [-0.1, -0.05) is 69.2 Å². The van der Waals surface area contributed by atoms with E-state index in [-0.39, 0.29) is 23.6 Å². The fraction of sp³-hybridized carbons (Fsp3) is 0.333. The minimum Gasteiger partial charge on any atom is -0.452 e. The quantitative estimate of drug-likeness (QED) is 0.302. The molecule has 0 fully saturated rings. The number of aryl methyl sites for hydroxylation is 2. The van der Waals surface area contributed by atoms with Crippen LogP contribution < -0.4 is 5.56 Å². The SMILES string of the molecule is CCCCCn1nc(C(=O)OCC(=O)c2ccc(CC)cc2)c2ccccc2c1=O. The molecule has 2 aromatic carbocycles. The summed E-state index contributed by atoms with van der Waals surface area (Å²) in [6.07, 6.45) is 3.66. The number of ether oxygens (including phenoxy) is 1. The maximum atomic E-state index is 12.7. The van der Waals surface area contributed by atoms with Crippen LogP contribution in [0.5, 0.6) is 0 Å². The van der Waals surface area contributed by atoms with Gasteiger partial charge in [-0.3, -0.25) is 9.59 Å². The summed E-state index contributed by atoms with van der Waals surface area (Å²) in [5.74, 6) is -0.999. The fourth-order valence-corrected chi connectivity index (χ4v) is 3.26. The Morgan fingerprint density at radius 1 is 0.967 bits per heavy atom. The third-order valence-corrected chi connectivity index (χ3v) is 5.05. The number of carbonyl (C=O) groups excluding carboxylic acids is 2. The zero-order chi connectivity index (χ0) is 21.5. The Morgan fingerprint density at radius 3 is 2.33 bits per heavy atom. The minimum atomic E-state index is -0.714. The summed E-state index contributed by atoms with van der Waals surface area (Å²) in [5.41, 5.74) is 1.44. The van der Waals surface area contributed by atoms with Gasteiger partial charge in [0, 0.05) is 17.5 Å². The number of benzene rings is 2. The summed E-state index contributed by atoms with van der Waals surface area (Å²) in [4.78, 5) is 37.8. The first-order valence-corrected chi connectivity index (χ1v) is 10.3. The Kier molecular flexibility index (Phi) is 7.12. The first kappa shape index (κ1) is 21.4. The van der Waals surface area contributed by atoms with E-state index >= 15 is 0 Å². The number of aromatic nitrogens is 2. The molecular weight excluding hydrogens is 380 g/mol. The second kappa shape index (κ2) is 9.96. The summed E-state index contributed by atoms with van der Waals surface area (Å²) < 4.78 is 6.58. The molecule has 156 valence electrons. The molecule has 0 unspecified atom stereocenters. The lowest BCUT2D eigenvalue weighted by Gasteiger charge is -2.11. The van der Waals surface area contributed by atoms with E-state index in [4.69, 9.17) is 4.74 Å². The summed E-state index contributed by atoms with van der Waals surface area (Å²) in [5, 5.41) is 5.11. The molecule has 0 N–H and O–H groups in total. The van der Waals surface area contributed by atoms with Crippen molar-refractivity contribution < 1.29 is 14.3 Å². The summed E-state index contributed by atoms with van der Waals surface area (Å²) in [7, 11) is 0. The van der Waals surface area contributed by atoms with Gasteiger partial charge in [0.1, 0.15) is 0 Å². The molecule has 3 aromatic rings. The molecule has 3 rings (SSSR count). The third-order valence-electron chi connectivity index (χ3n) is 5.05. The second-order valence-electron chi connectivity index (χ2n) is 7.18. The van der Waals surface area contributed by atoms with E-state index in [0.717, 1.165) is 31.2 Å². The van der Waals surface area contributed by atoms with Crippen molar-refractivity contribution in [2.75, 3.05) is 6.61 Å². The Hall–Kier alpha value is -3.28. The first-order chi connectivity index (χ1) is 14.5. The van der Waals surface area contributed by atoms with Crippen LogP contribution in [-0.2, 0) is 17.7 Å². The standard InChI is InChI=1S/C24H26N2O4/c1-3-5-8-15-26-23(28)20-10-7-6-9-19(20)22(25-26)24(29)30-16-21(27)18-13-11-17(4-2)12-14-18/h6-7,9-14H,3-5,8,15-16H2,1-2H3. The molecule has 0 aliphatic heterocycles. The van der Waals surface area contributed by atoms with E-state index in [1.165, 1.54) is 4.68 Å². The highest BCUT2D eigenvalue weighted by molar-refractivity contribution is 6.04. The number of hydrogen-bond donors (Lipinski definition) is 0. The lowest BCUT2D eigenvalue weighted by atomic mass is 10.1. The molecule has 0 amide bonds. The molecular formula is C24H26N2O4. The van der Waals surface area contributed by atoms with Crippen molar-refractivity contribution in [1.29, 1.82) is 0 Å². The lowest BCUT2D eigenvalue weighted by Crippen LogP contribution is -2.27. The second-order valence-corrected chi connectivity index (χ2v) is 7.18. The Balaban J connectivity index is 1.81. The third kappa shape index (κ3) is 4.82. The van der Waals surface area contributed by atoms with Gasteiger partial charge >= 0.3 is 5.97 Å². The molecule has 0 radical (unpaired) electrons. The van der Waals surface area contributed by atoms with Crippen molar-refractivity contribution in [2.45, 2.75) is 46.1 Å². The number of nitrogens with zero attached hydrogens (tertiary/aromatic N) is 2. The molecule has 0 aliphatic carbocycles. The highest BCUT2D eigenvalue weighted by Crippen LogP contribution is 2.15. The van der Waals surface area contributed by atoms with Crippen LogP contribution in [-0.4, -0.2) is 28.1 Å². The molecule has 6 nitrogen and oxygen atoms in total. The van der Waals surface area contributed by atoms with Crippen LogP contribution in [0.15, 0.2) is 53.3 Å². The average molecular weight is 406 g/mol. The van der Waals surface area contributed by atoms with E-state index in [0.29, 0.717) is 22.9 Å². The van der Waals surface area contributed by atoms with E-state index in [9.17, 15) is 14.4 Å². The summed E-state index contributed by atoms with van der Waals surface area (Å²) in [6, 6.07) is 14.1. The van der Waals surface area contributed by atoms with Gasteiger partial charge < -0.3 is 4.74 Å². The van der Waals surface area contributed by atoms with Gasteiger partial charge in [0.2, 0.25) is 0 Å². The average Bonchev–Trinajstić information content (AvgIpc) is 2.79. The Bertz CT molecular complexity index is 1100. The van der Waals surface area contributed by atoms with Crippen LogP contribution in [0, 0.1) is 0 Å². The minimum absolute atomic E-state index is 0.0517. The molecule has 0 saturated carbocycles. The number of rotatable bonds is 9. The van der Waals surface area contributed by atoms with Crippen LogP contribution in [0.2, 0.25) is 0 Å². The van der Waals surface area contributed by atoms with Crippen LogP contribution >= 0.6 is 0 Å². The maximum Gasteiger partial charge on any atom is 0.359 e. The predicted molar refractivity (Wildman–Crippen MR) is 116 cm³/mol. The van der Waals surface area contributed by atoms with E-state index in [2.05, 4.69) is 12.0 Å². The Morgan fingerprint density at radius 2 is 1.67 bits per heavy atom. The number of unbranched alkanes of at least 4 members (excludes halogenated alkanes) is 2. The molecule has 0 bridgehead atoms. The van der Waals surface area contributed by atoms with Crippen molar-refractivity contribution in [3.8, 4) is 0 Å². The topological polar surface area (TPSA) is 78.3 Å². The highest BCUT2D eigenvalue weighted by Gasteiger charge is 2.19. The molecule has 30 heavy (non-hydrogen) atoms. The van der Waals surface area contributed by atoms with Gasteiger partial charge in [0.25, 0.3) is 5.56 Å². The maximum absolute atomic E-state index is 12.7. The summed E-state index contributed by atoms with van der Waals surface area (Å²) >= 11 is 0. The number of ketones is 1. The normalized spacial score (nSPS) is 10.9. The summed E-state index contributed by atoms with van der Waals surface area (Å²) in [6.45, 7) is 4.17. The number of carbonyl (C=O) groups is 2. The molecule has 1 aromatic heterocycles. The van der Waals surface area contributed by atoms with Gasteiger partial charge in [-0.15, -0.1) is 0 Å². The van der Waals surface area contributed by atoms with Gasteiger partial charge in [0.05, 0.1) is 5.39 Å². The van der Waals surface area contributed by atoms with Crippen molar-refractivity contribution in [3.63, 3.8) is 0 Å². The van der Waals surface area contributed by atoms with Gasteiger partial charge in [-0.25, -0.2) is 9.48 Å². The number of Topliss-reactive ketones (excluding diaryl/α,β-unsaturated/α-hetero) is 1. The van der Waals surface area contributed by atoms with Crippen LogP contribution in [0.25, 0.3) is 10.8 Å². The van der Waals surface area contributed by atoms with E-state index < -0.39 is 5.97 Å². The Labute approximate surface area is 175 Å². The van der Waals surface area contributed by atoms with Crippen molar-refractivity contribution >= 4 is 22.5 Å². The molecule has 0 aliphatic rings. The van der Waals surface area contributed by atoms with Crippen molar-refractivity contribution in [1.82, 2.24) is 9.78 Å². The number of fused-ring (bicyclic) bond motifs is 1. The highest BCUT2D eigenvalue weighted by atomic mass is 16.5. The van der Waals surface area contributed by atoms with Gasteiger partial charge in [-0.2, -0.15) is 5.10 Å². The monoisotopic (exact) mass is 406 g/mol. The van der Waals surface area contributed by atoms with Gasteiger partial charge in [-0.05, 0) is 24.5 Å². The number of hydrogen-bond acceptors (Lipinski definition) is 5. The lowest BCUT2D eigenvalue weighted by molar-refractivity contribution is 0.0468. The van der Waals surface area contributed by atoms with Crippen LogP contribution in [0.3, 0.4) is 0 Å². The van der Waals surface area contributed by atoms with E-state index in [1.807, 2.05) is 19.1 Å². The fourth-order valence-electron chi connectivity index (χ4n) is 3.26. The zero-order valence-electron chi connectivity index (χ0n) is 17.4. The molecule has 1 heterocycles. The largest absolute Gasteiger partial charge is 0.452 e. The smallest absolute Gasteiger partial charge is 0.359 e. The van der Waals surface area contributed by atoms with Crippen LogP contribution in [0.1, 0.15) is 59.5 Å². The molecule has 0 atom stereocenters. The van der Waals surface area contributed by atoms with Crippen molar-refractivity contribution in [2.24, 2.45) is 0 Å². The van der Waals surface area contributed by atoms with E-state index in [1.54, 1.807) is 36.4 Å². The van der Waals surface area contributed by atoms with Gasteiger partial charge in [0.15, 0.2) is 18.1 Å². The molecule has 0 saturated heterocycles. The number of esters is 1. The first-order valence-electron chi connectivity index (χ1n) is 10.3. The predicted octanol–water partition coefficient (Wildman–Crippen LogP) is 4.19. The van der Waals surface area contributed by atoms with Crippen molar-refractivity contribution in [3.05, 3.63) is 75.7 Å². The molecule has 0 spiro atoms. The van der Waals surface area contributed by atoms with Crippen LogP contribution in [0.4, 0.5) is 0 Å². The zero-order valence-corrected chi connectivity index (χ0v) is 17.4.